The molecule has 0 saturated carbocycles. The summed E-state index contributed by atoms with van der Waals surface area (Å²) >= 11 is 0. The van der Waals surface area contributed by atoms with Crippen LogP contribution in [0.15, 0.2) is 24.3 Å². The van der Waals surface area contributed by atoms with E-state index in [-0.39, 0.29) is 18.1 Å². The van der Waals surface area contributed by atoms with Crippen molar-refractivity contribution in [1.82, 2.24) is 4.90 Å². The van der Waals surface area contributed by atoms with Crippen molar-refractivity contribution in [2.75, 3.05) is 25.0 Å². The molecule has 1 saturated heterocycles. The smallest absolute Gasteiger partial charge is 0.238 e. The Bertz CT molecular complexity index is 454. The van der Waals surface area contributed by atoms with Crippen molar-refractivity contribution >= 4 is 11.6 Å². The molecule has 1 fully saturated rings. The number of morpholine rings is 1. The Morgan fingerprint density at radius 3 is 2.65 bits per heavy atom. The number of hydrogen-bond acceptors (Lipinski definition) is 4. The van der Waals surface area contributed by atoms with E-state index < -0.39 is 0 Å². The van der Waals surface area contributed by atoms with Gasteiger partial charge in [-0.3, -0.25) is 9.69 Å². The highest BCUT2D eigenvalue weighted by Crippen LogP contribution is 2.15. The van der Waals surface area contributed by atoms with Crippen LogP contribution in [0.1, 0.15) is 19.4 Å². The third-order valence-corrected chi connectivity index (χ3v) is 3.37. The van der Waals surface area contributed by atoms with Crippen molar-refractivity contribution in [3.8, 4) is 0 Å². The minimum absolute atomic E-state index is 0.00722. The highest BCUT2D eigenvalue weighted by molar-refractivity contribution is 5.93. The maximum absolute atomic E-state index is 12.1. The lowest BCUT2D eigenvalue weighted by Gasteiger charge is -2.34. The summed E-state index contributed by atoms with van der Waals surface area (Å²) in [5.41, 5.74) is 7.42. The molecule has 110 valence electrons. The van der Waals surface area contributed by atoms with Crippen molar-refractivity contribution < 1.29 is 9.53 Å². The lowest BCUT2D eigenvalue weighted by atomic mass is 10.2. The number of hydrogen-bond donors (Lipinski definition) is 2. The number of carbonyl (C=O) groups excluding carboxylic acids is 1. The molecule has 3 N–H and O–H groups in total. The van der Waals surface area contributed by atoms with Crippen molar-refractivity contribution in [1.29, 1.82) is 0 Å². The van der Waals surface area contributed by atoms with E-state index in [4.69, 9.17) is 10.5 Å². The predicted octanol–water partition coefficient (Wildman–Crippen LogP) is 1.19. The second kappa shape index (κ2) is 6.83. The minimum Gasteiger partial charge on any atom is -0.373 e. The SMILES string of the molecule is CC1CN(CC(=O)Nc2ccccc2CN)CC(C)O1. The van der Waals surface area contributed by atoms with E-state index in [1.54, 1.807) is 0 Å². The molecular formula is C15H23N3O2. The summed E-state index contributed by atoms with van der Waals surface area (Å²) < 4.78 is 5.66. The fourth-order valence-corrected chi connectivity index (χ4v) is 2.63. The molecule has 0 aromatic heterocycles. The predicted molar refractivity (Wildman–Crippen MR) is 79.4 cm³/mol. The molecule has 1 aromatic carbocycles. The fraction of sp³-hybridized carbons (Fsp3) is 0.533. The summed E-state index contributed by atoms with van der Waals surface area (Å²) in [4.78, 5) is 14.3. The Morgan fingerprint density at radius 2 is 2.00 bits per heavy atom. The van der Waals surface area contributed by atoms with Crippen molar-refractivity contribution in [2.24, 2.45) is 5.73 Å². The number of carbonyl (C=O) groups is 1. The molecule has 1 aliphatic rings. The lowest BCUT2D eigenvalue weighted by molar-refractivity contribution is -0.121. The van der Waals surface area contributed by atoms with Gasteiger partial charge in [-0.15, -0.1) is 0 Å². The molecule has 0 spiro atoms. The Balaban J connectivity index is 1.92. The van der Waals surface area contributed by atoms with Gasteiger partial charge in [0.2, 0.25) is 5.91 Å². The van der Waals surface area contributed by atoms with Crippen LogP contribution in [0.4, 0.5) is 5.69 Å². The zero-order valence-electron chi connectivity index (χ0n) is 12.1. The maximum atomic E-state index is 12.1. The van der Waals surface area contributed by atoms with Crippen LogP contribution in [0, 0.1) is 0 Å². The normalized spacial score (nSPS) is 23.6. The number of para-hydroxylation sites is 1. The number of nitrogens with one attached hydrogen (secondary N) is 1. The number of ether oxygens (including phenoxy) is 1. The third-order valence-electron chi connectivity index (χ3n) is 3.37. The Kier molecular flexibility index (Phi) is 5.11. The molecule has 2 rings (SSSR count). The Labute approximate surface area is 120 Å². The van der Waals surface area contributed by atoms with E-state index in [1.807, 2.05) is 38.1 Å². The first-order chi connectivity index (χ1) is 9.58. The Hall–Kier alpha value is -1.43. The van der Waals surface area contributed by atoms with E-state index >= 15 is 0 Å². The van der Waals surface area contributed by atoms with Gasteiger partial charge in [0.25, 0.3) is 0 Å². The van der Waals surface area contributed by atoms with Crippen LogP contribution >= 0.6 is 0 Å². The largest absolute Gasteiger partial charge is 0.373 e. The minimum atomic E-state index is -0.00722. The van der Waals surface area contributed by atoms with Gasteiger partial charge in [0.05, 0.1) is 18.8 Å². The molecule has 0 aliphatic carbocycles. The van der Waals surface area contributed by atoms with E-state index in [1.165, 1.54) is 0 Å². The topological polar surface area (TPSA) is 67.6 Å². The van der Waals surface area contributed by atoms with E-state index in [9.17, 15) is 4.79 Å². The highest BCUT2D eigenvalue weighted by atomic mass is 16.5. The average molecular weight is 277 g/mol. The molecule has 5 heteroatoms. The van der Waals surface area contributed by atoms with Crippen LogP contribution in [-0.4, -0.2) is 42.6 Å². The summed E-state index contributed by atoms with van der Waals surface area (Å²) in [6, 6.07) is 7.62. The van der Waals surface area contributed by atoms with Crippen molar-refractivity contribution in [3.05, 3.63) is 29.8 Å². The zero-order chi connectivity index (χ0) is 14.5. The van der Waals surface area contributed by atoms with Gasteiger partial charge >= 0.3 is 0 Å². The van der Waals surface area contributed by atoms with Gasteiger partial charge in [0.1, 0.15) is 0 Å². The van der Waals surface area contributed by atoms with Gasteiger partial charge in [-0.2, -0.15) is 0 Å². The third kappa shape index (κ3) is 4.03. The highest BCUT2D eigenvalue weighted by Gasteiger charge is 2.23. The average Bonchev–Trinajstić information content (AvgIpc) is 2.37. The monoisotopic (exact) mass is 277 g/mol. The first kappa shape index (κ1) is 15.0. The molecule has 0 bridgehead atoms. The van der Waals surface area contributed by atoms with Gasteiger partial charge in [-0.1, -0.05) is 18.2 Å². The van der Waals surface area contributed by atoms with Crippen LogP contribution < -0.4 is 11.1 Å². The summed E-state index contributed by atoms with van der Waals surface area (Å²) in [7, 11) is 0. The molecule has 2 atom stereocenters. The van der Waals surface area contributed by atoms with Gasteiger partial charge in [0, 0.05) is 25.3 Å². The molecule has 5 nitrogen and oxygen atoms in total. The summed E-state index contributed by atoms with van der Waals surface area (Å²) in [6.07, 6.45) is 0.339. The molecule has 2 unspecified atom stereocenters. The van der Waals surface area contributed by atoms with Crippen molar-refractivity contribution in [3.63, 3.8) is 0 Å². The second-order valence-corrected chi connectivity index (χ2v) is 5.36. The molecule has 1 heterocycles. The van der Waals surface area contributed by atoms with Gasteiger partial charge in [0.15, 0.2) is 0 Å². The van der Waals surface area contributed by atoms with Crippen molar-refractivity contribution in [2.45, 2.75) is 32.6 Å². The lowest BCUT2D eigenvalue weighted by Crippen LogP contribution is -2.48. The number of amides is 1. The maximum Gasteiger partial charge on any atom is 0.238 e. The van der Waals surface area contributed by atoms with E-state index in [0.29, 0.717) is 13.1 Å². The molecule has 0 radical (unpaired) electrons. The number of rotatable bonds is 4. The Morgan fingerprint density at radius 1 is 1.35 bits per heavy atom. The van der Waals surface area contributed by atoms with Crippen LogP contribution in [0.2, 0.25) is 0 Å². The first-order valence-corrected chi connectivity index (χ1v) is 7.04. The second-order valence-electron chi connectivity index (χ2n) is 5.36. The summed E-state index contributed by atoms with van der Waals surface area (Å²) in [5.74, 6) is -0.00722. The summed E-state index contributed by atoms with van der Waals surface area (Å²) in [5, 5.41) is 2.94. The molecule has 1 aromatic rings. The van der Waals surface area contributed by atoms with Gasteiger partial charge in [-0.05, 0) is 25.5 Å². The summed E-state index contributed by atoms with van der Waals surface area (Å²) in [6.45, 7) is 6.44. The van der Waals surface area contributed by atoms with Crippen LogP contribution in [0.3, 0.4) is 0 Å². The number of nitrogens with two attached hydrogens (primary N) is 1. The van der Waals surface area contributed by atoms with Crippen LogP contribution in [-0.2, 0) is 16.1 Å². The number of anilines is 1. The van der Waals surface area contributed by atoms with E-state index in [2.05, 4.69) is 10.2 Å². The molecule has 1 aliphatic heterocycles. The molecule has 1 amide bonds. The molecule has 20 heavy (non-hydrogen) atoms. The first-order valence-electron chi connectivity index (χ1n) is 7.04. The van der Waals surface area contributed by atoms with Gasteiger partial charge < -0.3 is 15.8 Å². The standard InChI is InChI=1S/C15H23N3O2/c1-11-8-18(9-12(2)20-11)10-15(19)17-14-6-4-3-5-13(14)7-16/h3-6,11-12H,7-10,16H2,1-2H3,(H,17,19). The quantitative estimate of drug-likeness (QED) is 0.867. The zero-order valence-corrected chi connectivity index (χ0v) is 12.1. The van der Waals surface area contributed by atoms with Crippen LogP contribution in [0.25, 0.3) is 0 Å². The van der Waals surface area contributed by atoms with E-state index in [0.717, 1.165) is 24.3 Å². The number of benzene rings is 1. The van der Waals surface area contributed by atoms with Crippen LogP contribution in [0.5, 0.6) is 0 Å². The number of nitrogens with zero attached hydrogens (tertiary/aromatic N) is 1. The van der Waals surface area contributed by atoms with Gasteiger partial charge in [-0.25, -0.2) is 0 Å². The fourth-order valence-electron chi connectivity index (χ4n) is 2.63. The molecular weight excluding hydrogens is 254 g/mol.